The summed E-state index contributed by atoms with van der Waals surface area (Å²) in [5, 5.41) is 3.46. The lowest BCUT2D eigenvalue weighted by Crippen LogP contribution is -2.43. The SMILES string of the molecule is CNC(c1ccccc1)C(C)N(C)CC1CCCOC1. The van der Waals surface area contributed by atoms with Crippen LogP contribution < -0.4 is 5.32 Å². The van der Waals surface area contributed by atoms with Crippen LogP contribution in [0.1, 0.15) is 31.4 Å². The van der Waals surface area contributed by atoms with Crippen LogP contribution in [0.4, 0.5) is 0 Å². The molecule has 1 aliphatic heterocycles. The van der Waals surface area contributed by atoms with Crippen LogP contribution in [0.15, 0.2) is 30.3 Å². The van der Waals surface area contributed by atoms with E-state index in [0.29, 0.717) is 18.0 Å². The molecule has 20 heavy (non-hydrogen) atoms. The quantitative estimate of drug-likeness (QED) is 0.864. The number of nitrogens with one attached hydrogen (secondary N) is 1. The molecule has 0 saturated carbocycles. The number of hydrogen-bond donors (Lipinski definition) is 1. The van der Waals surface area contributed by atoms with E-state index >= 15 is 0 Å². The fraction of sp³-hybridized carbons (Fsp3) is 0.647. The van der Waals surface area contributed by atoms with Crippen LogP contribution in [0.2, 0.25) is 0 Å². The monoisotopic (exact) mass is 276 g/mol. The molecule has 112 valence electrons. The number of hydrogen-bond acceptors (Lipinski definition) is 3. The summed E-state index contributed by atoms with van der Waals surface area (Å²) in [5.41, 5.74) is 1.36. The molecule has 3 atom stereocenters. The van der Waals surface area contributed by atoms with Crippen molar-refractivity contribution in [2.24, 2.45) is 5.92 Å². The van der Waals surface area contributed by atoms with Crippen LogP contribution >= 0.6 is 0 Å². The molecule has 1 heterocycles. The van der Waals surface area contributed by atoms with Crippen molar-refractivity contribution in [3.63, 3.8) is 0 Å². The largest absolute Gasteiger partial charge is 0.381 e. The molecule has 0 radical (unpaired) electrons. The van der Waals surface area contributed by atoms with E-state index in [0.717, 1.165) is 19.8 Å². The van der Waals surface area contributed by atoms with E-state index < -0.39 is 0 Å². The predicted octanol–water partition coefficient (Wildman–Crippen LogP) is 2.69. The molecule has 1 fully saturated rings. The average Bonchev–Trinajstić information content (AvgIpc) is 2.50. The maximum Gasteiger partial charge on any atom is 0.0506 e. The minimum Gasteiger partial charge on any atom is -0.381 e. The molecular weight excluding hydrogens is 248 g/mol. The first kappa shape index (κ1) is 15.5. The maximum absolute atomic E-state index is 5.59. The van der Waals surface area contributed by atoms with Crippen molar-refractivity contribution >= 4 is 0 Å². The van der Waals surface area contributed by atoms with Gasteiger partial charge in [0, 0.05) is 25.2 Å². The standard InChI is InChI=1S/C17H28N2O/c1-14(17(18-2)16-9-5-4-6-10-16)19(3)12-15-8-7-11-20-13-15/h4-6,9-10,14-15,17-18H,7-8,11-13H2,1-3H3. The van der Waals surface area contributed by atoms with Crippen molar-refractivity contribution in [2.75, 3.05) is 33.9 Å². The second-order valence-electron chi connectivity index (χ2n) is 5.94. The highest BCUT2D eigenvalue weighted by molar-refractivity contribution is 5.20. The van der Waals surface area contributed by atoms with Crippen LogP contribution in [0.3, 0.4) is 0 Å². The molecule has 1 N–H and O–H groups in total. The van der Waals surface area contributed by atoms with E-state index in [1.54, 1.807) is 0 Å². The molecule has 1 aromatic carbocycles. The molecule has 3 heteroatoms. The van der Waals surface area contributed by atoms with E-state index in [2.05, 4.69) is 54.5 Å². The maximum atomic E-state index is 5.59. The smallest absolute Gasteiger partial charge is 0.0506 e. The zero-order chi connectivity index (χ0) is 14.4. The van der Waals surface area contributed by atoms with Crippen molar-refractivity contribution in [2.45, 2.75) is 31.8 Å². The van der Waals surface area contributed by atoms with Gasteiger partial charge in [-0.05, 0) is 45.3 Å². The van der Waals surface area contributed by atoms with Crippen LogP contribution in [-0.2, 0) is 4.74 Å². The fourth-order valence-electron chi connectivity index (χ4n) is 3.13. The normalized spacial score (nSPS) is 22.7. The van der Waals surface area contributed by atoms with E-state index in [-0.39, 0.29) is 0 Å². The summed E-state index contributed by atoms with van der Waals surface area (Å²) in [4.78, 5) is 2.47. The molecule has 1 saturated heterocycles. The Morgan fingerprint density at radius 3 is 2.70 bits per heavy atom. The predicted molar refractivity (Wildman–Crippen MR) is 83.9 cm³/mol. The van der Waals surface area contributed by atoms with Gasteiger partial charge in [0.05, 0.1) is 6.61 Å². The Labute approximate surface area is 123 Å². The van der Waals surface area contributed by atoms with Gasteiger partial charge in [0.1, 0.15) is 0 Å². The van der Waals surface area contributed by atoms with Crippen molar-refractivity contribution < 1.29 is 4.74 Å². The number of rotatable bonds is 6. The second-order valence-corrected chi connectivity index (χ2v) is 5.94. The van der Waals surface area contributed by atoms with Gasteiger partial charge in [0.15, 0.2) is 0 Å². The summed E-state index contributed by atoms with van der Waals surface area (Å²) in [6.07, 6.45) is 2.51. The van der Waals surface area contributed by atoms with E-state index in [9.17, 15) is 0 Å². The minimum absolute atomic E-state index is 0.366. The summed E-state index contributed by atoms with van der Waals surface area (Å²) in [5.74, 6) is 0.685. The van der Waals surface area contributed by atoms with Gasteiger partial charge in [-0.15, -0.1) is 0 Å². The average molecular weight is 276 g/mol. The molecule has 0 aliphatic carbocycles. The number of ether oxygens (including phenoxy) is 1. The van der Waals surface area contributed by atoms with E-state index in [1.165, 1.54) is 18.4 Å². The lowest BCUT2D eigenvalue weighted by Gasteiger charge is -2.35. The van der Waals surface area contributed by atoms with Crippen molar-refractivity contribution in [1.29, 1.82) is 0 Å². The van der Waals surface area contributed by atoms with Gasteiger partial charge in [0.2, 0.25) is 0 Å². The Kier molecular flexibility index (Phi) is 6.02. The third kappa shape index (κ3) is 4.05. The summed E-state index contributed by atoms with van der Waals surface area (Å²) in [6, 6.07) is 11.5. The summed E-state index contributed by atoms with van der Waals surface area (Å²) in [6.45, 7) is 5.29. The van der Waals surface area contributed by atoms with E-state index in [1.807, 2.05) is 7.05 Å². The van der Waals surface area contributed by atoms with Gasteiger partial charge < -0.3 is 15.0 Å². The molecule has 3 nitrogen and oxygen atoms in total. The first-order valence-corrected chi connectivity index (χ1v) is 7.72. The Bertz CT molecular complexity index is 376. The highest BCUT2D eigenvalue weighted by atomic mass is 16.5. The molecule has 0 amide bonds. The fourth-order valence-corrected chi connectivity index (χ4v) is 3.13. The molecular formula is C17H28N2O. The Morgan fingerprint density at radius 1 is 1.35 bits per heavy atom. The van der Waals surface area contributed by atoms with Crippen LogP contribution in [0.5, 0.6) is 0 Å². The second kappa shape index (κ2) is 7.77. The molecule has 1 aliphatic rings. The lowest BCUT2D eigenvalue weighted by molar-refractivity contribution is 0.0347. The van der Waals surface area contributed by atoms with Crippen molar-refractivity contribution in [3.8, 4) is 0 Å². The van der Waals surface area contributed by atoms with Crippen LogP contribution in [0.25, 0.3) is 0 Å². The number of likely N-dealkylation sites (N-methyl/N-ethyl adjacent to an activating group) is 2. The summed E-state index contributed by atoms with van der Waals surface area (Å²) >= 11 is 0. The summed E-state index contributed by atoms with van der Waals surface area (Å²) in [7, 11) is 4.28. The first-order valence-electron chi connectivity index (χ1n) is 7.72. The van der Waals surface area contributed by atoms with Crippen molar-refractivity contribution in [3.05, 3.63) is 35.9 Å². The zero-order valence-electron chi connectivity index (χ0n) is 13.0. The molecule has 2 rings (SSSR count). The molecule has 1 aromatic rings. The van der Waals surface area contributed by atoms with Crippen LogP contribution in [0, 0.1) is 5.92 Å². The van der Waals surface area contributed by atoms with Gasteiger partial charge >= 0.3 is 0 Å². The highest BCUT2D eigenvalue weighted by Gasteiger charge is 2.24. The topological polar surface area (TPSA) is 24.5 Å². The van der Waals surface area contributed by atoms with Gasteiger partial charge in [-0.3, -0.25) is 0 Å². The Balaban J connectivity index is 1.95. The number of nitrogens with zero attached hydrogens (tertiary/aromatic N) is 1. The van der Waals surface area contributed by atoms with E-state index in [4.69, 9.17) is 4.74 Å². The zero-order valence-corrected chi connectivity index (χ0v) is 13.0. The molecule has 0 spiro atoms. The molecule has 0 aromatic heterocycles. The number of benzene rings is 1. The first-order chi connectivity index (χ1) is 9.72. The lowest BCUT2D eigenvalue weighted by atomic mass is 9.97. The van der Waals surface area contributed by atoms with Crippen LogP contribution in [-0.4, -0.2) is 44.8 Å². The molecule has 3 unspecified atom stereocenters. The van der Waals surface area contributed by atoms with Gasteiger partial charge in [-0.25, -0.2) is 0 Å². The highest BCUT2D eigenvalue weighted by Crippen LogP contribution is 2.22. The third-order valence-electron chi connectivity index (χ3n) is 4.45. The Morgan fingerprint density at radius 2 is 2.10 bits per heavy atom. The third-order valence-corrected chi connectivity index (χ3v) is 4.45. The van der Waals surface area contributed by atoms with Gasteiger partial charge in [-0.1, -0.05) is 30.3 Å². The van der Waals surface area contributed by atoms with Gasteiger partial charge in [-0.2, -0.15) is 0 Å². The Hall–Kier alpha value is -0.900. The molecule has 0 bridgehead atoms. The van der Waals surface area contributed by atoms with Gasteiger partial charge in [0.25, 0.3) is 0 Å². The minimum atomic E-state index is 0.366. The van der Waals surface area contributed by atoms with Crippen molar-refractivity contribution in [1.82, 2.24) is 10.2 Å². The summed E-state index contributed by atoms with van der Waals surface area (Å²) < 4.78 is 5.59.